The summed E-state index contributed by atoms with van der Waals surface area (Å²) in [4.78, 5) is 4.19. The molecule has 34 heavy (non-hydrogen) atoms. The summed E-state index contributed by atoms with van der Waals surface area (Å²) in [5, 5.41) is 5.18. The van der Waals surface area contributed by atoms with Crippen LogP contribution in [-0.2, 0) is 19.5 Å². The van der Waals surface area contributed by atoms with Gasteiger partial charge in [0.2, 0.25) is 6.29 Å². The Kier molecular flexibility index (Phi) is 6.22. The summed E-state index contributed by atoms with van der Waals surface area (Å²) >= 11 is 1.02. The molecule has 8 nitrogen and oxygen atoms in total. The summed E-state index contributed by atoms with van der Waals surface area (Å²) in [6.07, 6.45) is 0.700. The third-order valence-electron chi connectivity index (χ3n) is 5.41. The molecule has 10 heteroatoms. The van der Waals surface area contributed by atoms with Gasteiger partial charge in [-0.2, -0.15) is 5.10 Å². The first kappa shape index (κ1) is 22.7. The minimum absolute atomic E-state index is 0.0743. The molecule has 0 aliphatic carbocycles. The quantitative estimate of drug-likeness (QED) is 0.388. The molecule has 2 aromatic carbocycles. The highest BCUT2D eigenvalue weighted by atomic mass is 32.2. The van der Waals surface area contributed by atoms with Crippen molar-refractivity contribution in [2.24, 2.45) is 0 Å². The highest BCUT2D eigenvalue weighted by Crippen LogP contribution is 2.32. The molecule has 1 saturated heterocycles. The number of rotatable bonds is 7. The molecule has 1 N–H and O–H groups in total. The van der Waals surface area contributed by atoms with Crippen molar-refractivity contribution in [3.8, 4) is 16.9 Å². The largest absolute Gasteiger partial charge is 0.344 e. The van der Waals surface area contributed by atoms with Crippen LogP contribution in [0.1, 0.15) is 36.6 Å². The summed E-state index contributed by atoms with van der Waals surface area (Å²) in [6.45, 7) is 5.20. The maximum absolute atomic E-state index is 13.2. The number of thiazole rings is 1. The Morgan fingerprint density at radius 2 is 1.76 bits per heavy atom. The molecule has 1 fully saturated rings. The molecule has 0 radical (unpaired) electrons. The summed E-state index contributed by atoms with van der Waals surface area (Å²) < 4.78 is 41.6. The molecule has 0 saturated carbocycles. The van der Waals surface area contributed by atoms with E-state index >= 15 is 0 Å². The molecule has 1 aliphatic heterocycles. The molecule has 1 aliphatic rings. The van der Waals surface area contributed by atoms with E-state index in [2.05, 4.69) is 35.7 Å². The van der Waals surface area contributed by atoms with Crippen molar-refractivity contribution in [3.63, 3.8) is 0 Å². The van der Waals surface area contributed by atoms with Crippen molar-refractivity contribution in [1.29, 1.82) is 0 Å². The van der Waals surface area contributed by atoms with Crippen LogP contribution in [0.3, 0.4) is 0 Å². The fourth-order valence-electron chi connectivity index (χ4n) is 3.59. The Balaban J connectivity index is 1.49. The number of nitrogens with zero attached hydrogens (tertiary/aromatic N) is 3. The number of hydrogen-bond donors (Lipinski definition) is 1. The summed E-state index contributed by atoms with van der Waals surface area (Å²) in [7, 11) is -3.91. The van der Waals surface area contributed by atoms with Gasteiger partial charge in [0.05, 0.1) is 30.8 Å². The van der Waals surface area contributed by atoms with E-state index in [9.17, 15) is 8.42 Å². The highest BCUT2D eigenvalue weighted by molar-refractivity contribution is 7.94. The number of ether oxygens (including phenoxy) is 2. The van der Waals surface area contributed by atoms with E-state index in [1.165, 1.54) is 11.8 Å². The molecular formula is C24H24N4O4S2. The minimum Gasteiger partial charge on any atom is -0.344 e. The third-order valence-corrected chi connectivity index (χ3v) is 8.25. The fraction of sp³-hybridized carbons (Fsp3) is 0.250. The van der Waals surface area contributed by atoms with E-state index in [4.69, 9.17) is 14.6 Å². The van der Waals surface area contributed by atoms with Crippen LogP contribution in [0.15, 0.2) is 71.1 Å². The smallest absolute Gasteiger partial charge is 0.274 e. The maximum Gasteiger partial charge on any atom is 0.274 e. The topological polar surface area (TPSA) is 95.3 Å². The Labute approximate surface area is 202 Å². The molecule has 0 unspecified atom stereocenters. The average molecular weight is 497 g/mol. The van der Waals surface area contributed by atoms with Crippen LogP contribution < -0.4 is 4.72 Å². The van der Waals surface area contributed by atoms with Gasteiger partial charge >= 0.3 is 0 Å². The van der Waals surface area contributed by atoms with E-state index in [-0.39, 0.29) is 4.21 Å². The van der Waals surface area contributed by atoms with E-state index < -0.39 is 16.3 Å². The number of anilines is 1. The van der Waals surface area contributed by atoms with E-state index in [0.29, 0.717) is 35.7 Å². The molecule has 2 aromatic heterocycles. The Bertz CT molecular complexity index is 1370. The summed E-state index contributed by atoms with van der Waals surface area (Å²) in [5.41, 5.74) is 3.52. The Morgan fingerprint density at radius 1 is 1.06 bits per heavy atom. The zero-order valence-electron chi connectivity index (χ0n) is 18.7. The number of hydrogen-bond acceptors (Lipinski definition) is 7. The van der Waals surface area contributed by atoms with Gasteiger partial charge in [-0.1, -0.05) is 56.3 Å². The van der Waals surface area contributed by atoms with Crippen molar-refractivity contribution < 1.29 is 17.9 Å². The SMILES string of the molecule is CC(C)c1ccc(-c2cc(NS(=O)(=O)c3cnc(C4OCCO4)s3)n(-c3ccccc3)n2)cc1. The van der Waals surface area contributed by atoms with E-state index in [1.807, 2.05) is 42.5 Å². The molecule has 3 heterocycles. The van der Waals surface area contributed by atoms with Gasteiger partial charge in [-0.3, -0.25) is 4.72 Å². The normalized spacial score (nSPS) is 14.7. The van der Waals surface area contributed by atoms with Crippen molar-refractivity contribution in [2.45, 2.75) is 30.3 Å². The lowest BCUT2D eigenvalue weighted by Crippen LogP contribution is -2.14. The molecule has 0 spiro atoms. The van der Waals surface area contributed by atoms with E-state index in [1.54, 1.807) is 10.7 Å². The number of nitrogens with one attached hydrogen (secondary N) is 1. The second-order valence-electron chi connectivity index (χ2n) is 8.14. The van der Waals surface area contributed by atoms with Gasteiger partial charge in [0.15, 0.2) is 9.22 Å². The lowest BCUT2D eigenvalue weighted by Gasteiger charge is -2.09. The van der Waals surface area contributed by atoms with Gasteiger partial charge in [0.1, 0.15) is 5.82 Å². The number of sulfonamides is 1. The first-order valence-corrected chi connectivity index (χ1v) is 13.2. The lowest BCUT2D eigenvalue weighted by molar-refractivity contribution is -0.0442. The predicted molar refractivity (Wildman–Crippen MR) is 131 cm³/mol. The standard InChI is InChI=1S/C24H24N4O4S2/c1-16(2)17-8-10-18(11-9-17)20-14-21(28(26-20)19-6-4-3-5-7-19)27-34(29,30)22-15-25-23(33-22)24-31-12-13-32-24/h3-11,14-16,24,27H,12-13H2,1-2H3. The molecule has 176 valence electrons. The van der Waals surface area contributed by atoms with Crippen LogP contribution in [0.5, 0.6) is 0 Å². The molecule has 0 amide bonds. The van der Waals surface area contributed by atoms with Crippen molar-refractivity contribution >= 4 is 27.2 Å². The van der Waals surface area contributed by atoms with Crippen LogP contribution >= 0.6 is 11.3 Å². The van der Waals surface area contributed by atoms with E-state index in [0.717, 1.165) is 22.6 Å². The molecule has 5 rings (SSSR count). The van der Waals surface area contributed by atoms with Gasteiger partial charge < -0.3 is 9.47 Å². The lowest BCUT2D eigenvalue weighted by atomic mass is 10.0. The molecule has 0 bridgehead atoms. The van der Waals surface area contributed by atoms with Crippen LogP contribution in [0.25, 0.3) is 16.9 Å². The molecular weight excluding hydrogens is 472 g/mol. The third kappa shape index (κ3) is 4.62. The zero-order chi connectivity index (χ0) is 23.7. The van der Waals surface area contributed by atoms with Gasteiger partial charge in [-0.25, -0.2) is 18.1 Å². The molecule has 4 aromatic rings. The number of aromatic nitrogens is 3. The fourth-order valence-corrected chi connectivity index (χ4v) is 5.78. The summed E-state index contributed by atoms with van der Waals surface area (Å²) in [6, 6.07) is 19.3. The number of benzene rings is 2. The predicted octanol–water partition coefficient (Wildman–Crippen LogP) is 4.97. The maximum atomic E-state index is 13.2. The average Bonchev–Trinajstić information content (AvgIpc) is 3.60. The van der Waals surface area contributed by atoms with Gasteiger partial charge in [-0.05, 0) is 23.6 Å². The van der Waals surface area contributed by atoms with Crippen LogP contribution in [0.4, 0.5) is 5.82 Å². The van der Waals surface area contributed by atoms with Crippen LogP contribution in [-0.4, -0.2) is 36.4 Å². The second kappa shape index (κ2) is 9.30. The highest BCUT2D eigenvalue weighted by Gasteiger charge is 2.26. The summed E-state index contributed by atoms with van der Waals surface area (Å²) in [5.74, 6) is 0.750. The Morgan fingerprint density at radius 3 is 2.44 bits per heavy atom. The molecule has 0 atom stereocenters. The Hall–Kier alpha value is -3.05. The van der Waals surface area contributed by atoms with Gasteiger partial charge in [0, 0.05) is 11.6 Å². The minimum atomic E-state index is -3.91. The van der Waals surface area contributed by atoms with Gasteiger partial charge in [0.25, 0.3) is 10.0 Å². The second-order valence-corrected chi connectivity index (χ2v) is 11.1. The zero-order valence-corrected chi connectivity index (χ0v) is 20.3. The first-order chi connectivity index (χ1) is 16.4. The van der Waals surface area contributed by atoms with Crippen molar-refractivity contribution in [1.82, 2.24) is 14.8 Å². The van der Waals surface area contributed by atoms with Crippen molar-refractivity contribution in [3.05, 3.63) is 77.4 Å². The first-order valence-electron chi connectivity index (χ1n) is 10.9. The number of para-hydroxylation sites is 1. The van der Waals surface area contributed by atoms with Crippen molar-refractivity contribution in [2.75, 3.05) is 17.9 Å². The van der Waals surface area contributed by atoms with Crippen LogP contribution in [0.2, 0.25) is 0 Å². The van der Waals surface area contributed by atoms with Crippen LogP contribution in [0, 0.1) is 0 Å². The van der Waals surface area contributed by atoms with Gasteiger partial charge in [-0.15, -0.1) is 11.3 Å². The monoisotopic (exact) mass is 496 g/mol.